The van der Waals surface area contributed by atoms with Gasteiger partial charge in [-0.25, -0.2) is 8.42 Å². The molecular formula is C33H41N3O6S. The number of aryl methyl sites for hydroxylation is 1. The molecule has 1 N–H and O–H groups in total. The van der Waals surface area contributed by atoms with Crippen LogP contribution in [-0.2, 0) is 26.0 Å². The van der Waals surface area contributed by atoms with Crippen molar-refractivity contribution in [2.75, 3.05) is 31.6 Å². The molecule has 10 heteroatoms. The molecule has 1 aliphatic carbocycles. The van der Waals surface area contributed by atoms with Gasteiger partial charge in [0.05, 0.1) is 24.8 Å². The lowest BCUT2D eigenvalue weighted by molar-refractivity contribution is -0.139. The molecule has 4 rings (SSSR count). The zero-order valence-corrected chi connectivity index (χ0v) is 26.1. The number of nitrogens with zero attached hydrogens (tertiary/aromatic N) is 2. The van der Waals surface area contributed by atoms with E-state index in [1.807, 2.05) is 37.3 Å². The standard InChI is InChI=1S/C33H41N3O6S/c1-24-14-17-29(18-15-24)43(39,40)36(30-22-28(41-3)16-19-31(30)42-4)23-32(37)35(21-20-26-10-6-5-7-11-26)25(2)33(38)34-27-12-8-9-13-27/h5-7,10-11,14-19,22,25,27H,8-9,12-13,20-21,23H2,1-4H3,(H,34,38)/t25-/m1/s1. The smallest absolute Gasteiger partial charge is 0.264 e. The number of methoxy groups -OCH3 is 2. The van der Waals surface area contributed by atoms with Crippen LogP contribution in [0.3, 0.4) is 0 Å². The van der Waals surface area contributed by atoms with Gasteiger partial charge >= 0.3 is 0 Å². The fraction of sp³-hybridized carbons (Fsp3) is 0.394. The minimum absolute atomic E-state index is 0.0265. The fourth-order valence-electron chi connectivity index (χ4n) is 5.30. The van der Waals surface area contributed by atoms with Gasteiger partial charge in [-0.15, -0.1) is 0 Å². The van der Waals surface area contributed by atoms with Crippen LogP contribution in [0.2, 0.25) is 0 Å². The SMILES string of the molecule is COc1ccc(OC)c(N(CC(=O)N(CCc2ccccc2)[C@H](C)C(=O)NC2CCCC2)S(=O)(=O)c2ccc(C)cc2)c1. The number of amides is 2. The molecule has 0 aliphatic heterocycles. The molecule has 3 aromatic rings. The van der Waals surface area contributed by atoms with Crippen LogP contribution in [0.4, 0.5) is 5.69 Å². The molecule has 3 aromatic carbocycles. The summed E-state index contributed by atoms with van der Waals surface area (Å²) in [5.41, 5.74) is 2.05. The maximum Gasteiger partial charge on any atom is 0.264 e. The monoisotopic (exact) mass is 607 g/mol. The van der Waals surface area contributed by atoms with E-state index in [1.54, 1.807) is 31.2 Å². The van der Waals surface area contributed by atoms with Crippen LogP contribution < -0.4 is 19.1 Å². The van der Waals surface area contributed by atoms with Gasteiger partial charge in [0, 0.05) is 18.7 Å². The molecular weight excluding hydrogens is 566 g/mol. The van der Waals surface area contributed by atoms with Gasteiger partial charge in [0.15, 0.2) is 0 Å². The van der Waals surface area contributed by atoms with Gasteiger partial charge < -0.3 is 19.7 Å². The summed E-state index contributed by atoms with van der Waals surface area (Å²) in [7, 11) is -1.33. The highest BCUT2D eigenvalue weighted by Crippen LogP contribution is 2.36. The molecule has 0 saturated heterocycles. The minimum Gasteiger partial charge on any atom is -0.497 e. The molecule has 0 bridgehead atoms. The second kappa shape index (κ2) is 14.4. The largest absolute Gasteiger partial charge is 0.497 e. The van der Waals surface area contributed by atoms with Crippen molar-refractivity contribution >= 4 is 27.5 Å². The van der Waals surface area contributed by atoms with E-state index >= 15 is 0 Å². The van der Waals surface area contributed by atoms with E-state index in [0.717, 1.165) is 41.1 Å². The zero-order chi connectivity index (χ0) is 31.0. The molecule has 43 heavy (non-hydrogen) atoms. The van der Waals surface area contributed by atoms with Gasteiger partial charge in [0.2, 0.25) is 11.8 Å². The number of nitrogens with one attached hydrogen (secondary N) is 1. The van der Waals surface area contributed by atoms with Crippen molar-refractivity contribution in [3.63, 3.8) is 0 Å². The minimum atomic E-state index is -4.24. The Morgan fingerprint density at radius 1 is 0.953 bits per heavy atom. The molecule has 1 fully saturated rings. The fourth-order valence-corrected chi connectivity index (χ4v) is 6.72. The predicted octanol–water partition coefficient (Wildman–Crippen LogP) is 4.73. The quantitative estimate of drug-likeness (QED) is 0.301. The first-order valence-corrected chi connectivity index (χ1v) is 16.0. The summed E-state index contributed by atoms with van der Waals surface area (Å²) in [5, 5.41) is 3.09. The number of carbonyl (C=O) groups excluding carboxylic acids is 2. The van der Waals surface area contributed by atoms with Gasteiger partial charge in [-0.05, 0) is 62.9 Å². The first kappa shape index (κ1) is 31.9. The van der Waals surface area contributed by atoms with Crippen LogP contribution in [0.5, 0.6) is 11.5 Å². The molecule has 0 heterocycles. The van der Waals surface area contributed by atoms with Crippen LogP contribution in [0.25, 0.3) is 0 Å². The van der Waals surface area contributed by atoms with Crippen molar-refractivity contribution in [3.05, 3.63) is 83.9 Å². The second-order valence-electron chi connectivity index (χ2n) is 10.9. The number of carbonyl (C=O) groups is 2. The number of hydrogen-bond donors (Lipinski definition) is 1. The Bertz CT molecular complexity index is 1490. The third kappa shape index (κ3) is 7.87. The highest BCUT2D eigenvalue weighted by molar-refractivity contribution is 7.92. The summed E-state index contributed by atoms with van der Waals surface area (Å²) in [6.07, 6.45) is 4.44. The number of anilines is 1. The van der Waals surface area contributed by atoms with Crippen LogP contribution >= 0.6 is 0 Å². The Morgan fingerprint density at radius 3 is 2.26 bits per heavy atom. The van der Waals surface area contributed by atoms with Crippen molar-refractivity contribution in [1.82, 2.24) is 10.2 Å². The molecule has 1 atom stereocenters. The Morgan fingerprint density at radius 2 is 1.63 bits per heavy atom. The lowest BCUT2D eigenvalue weighted by Crippen LogP contribution is -2.53. The molecule has 0 aromatic heterocycles. The number of benzene rings is 3. The second-order valence-corrected chi connectivity index (χ2v) is 12.7. The van der Waals surface area contributed by atoms with E-state index in [2.05, 4.69) is 5.32 Å². The highest BCUT2D eigenvalue weighted by atomic mass is 32.2. The van der Waals surface area contributed by atoms with E-state index in [0.29, 0.717) is 12.2 Å². The van der Waals surface area contributed by atoms with E-state index in [9.17, 15) is 18.0 Å². The topological polar surface area (TPSA) is 105 Å². The van der Waals surface area contributed by atoms with Crippen molar-refractivity contribution in [2.45, 2.75) is 62.9 Å². The Hall–Kier alpha value is -4.05. The van der Waals surface area contributed by atoms with Gasteiger partial charge in [-0.2, -0.15) is 0 Å². The summed E-state index contributed by atoms with van der Waals surface area (Å²) in [5.74, 6) is -0.101. The number of ether oxygens (including phenoxy) is 2. The van der Waals surface area contributed by atoms with E-state index in [1.165, 1.54) is 37.3 Å². The summed E-state index contributed by atoms with van der Waals surface area (Å²) in [4.78, 5) is 29.1. The summed E-state index contributed by atoms with van der Waals surface area (Å²) in [6, 6.07) is 20.2. The highest BCUT2D eigenvalue weighted by Gasteiger charge is 2.34. The maximum absolute atomic E-state index is 14.2. The Balaban J connectivity index is 1.71. The van der Waals surface area contributed by atoms with Gasteiger partial charge in [-0.1, -0.05) is 60.9 Å². The Labute approximate surface area is 254 Å². The summed E-state index contributed by atoms with van der Waals surface area (Å²) >= 11 is 0. The first-order chi connectivity index (χ1) is 20.6. The first-order valence-electron chi connectivity index (χ1n) is 14.6. The number of sulfonamides is 1. The average Bonchev–Trinajstić information content (AvgIpc) is 3.53. The molecule has 1 aliphatic rings. The van der Waals surface area contributed by atoms with Crippen LogP contribution in [0.15, 0.2) is 77.7 Å². The van der Waals surface area contributed by atoms with E-state index in [-0.39, 0.29) is 34.8 Å². The van der Waals surface area contributed by atoms with Gasteiger partial charge in [0.25, 0.3) is 10.0 Å². The van der Waals surface area contributed by atoms with E-state index < -0.39 is 28.5 Å². The molecule has 9 nitrogen and oxygen atoms in total. The normalized spacial score (nSPS) is 14.1. The number of hydrogen-bond acceptors (Lipinski definition) is 6. The summed E-state index contributed by atoms with van der Waals surface area (Å²) < 4.78 is 40.3. The van der Waals surface area contributed by atoms with Crippen LogP contribution in [0, 0.1) is 6.92 Å². The Kier molecular flexibility index (Phi) is 10.7. The summed E-state index contributed by atoms with van der Waals surface area (Å²) in [6.45, 7) is 3.24. The van der Waals surface area contributed by atoms with Gasteiger partial charge in [0.1, 0.15) is 24.1 Å². The average molecular weight is 608 g/mol. The van der Waals surface area contributed by atoms with E-state index in [4.69, 9.17) is 9.47 Å². The zero-order valence-electron chi connectivity index (χ0n) is 25.3. The van der Waals surface area contributed by atoms with Crippen molar-refractivity contribution in [2.24, 2.45) is 0 Å². The van der Waals surface area contributed by atoms with Crippen molar-refractivity contribution in [1.29, 1.82) is 0 Å². The molecule has 0 spiro atoms. The molecule has 0 unspecified atom stereocenters. The van der Waals surface area contributed by atoms with Crippen LogP contribution in [0.1, 0.15) is 43.7 Å². The molecule has 1 saturated carbocycles. The lowest BCUT2D eigenvalue weighted by atomic mass is 10.1. The lowest BCUT2D eigenvalue weighted by Gasteiger charge is -2.33. The molecule has 2 amide bonds. The van der Waals surface area contributed by atoms with Gasteiger partial charge in [-0.3, -0.25) is 13.9 Å². The predicted molar refractivity (Wildman–Crippen MR) is 167 cm³/mol. The van der Waals surface area contributed by atoms with Crippen molar-refractivity contribution in [3.8, 4) is 11.5 Å². The maximum atomic E-state index is 14.2. The third-order valence-electron chi connectivity index (χ3n) is 7.90. The molecule has 0 radical (unpaired) electrons. The molecule has 230 valence electrons. The number of rotatable bonds is 13. The third-order valence-corrected chi connectivity index (χ3v) is 9.67. The van der Waals surface area contributed by atoms with Crippen molar-refractivity contribution < 1.29 is 27.5 Å². The van der Waals surface area contributed by atoms with Crippen LogP contribution in [-0.4, -0.2) is 64.5 Å².